The van der Waals surface area contributed by atoms with E-state index in [2.05, 4.69) is 26.5 Å². The molecule has 23 heavy (non-hydrogen) atoms. The van der Waals surface area contributed by atoms with Crippen molar-refractivity contribution in [3.05, 3.63) is 63.6 Å². The van der Waals surface area contributed by atoms with Crippen molar-refractivity contribution in [1.82, 2.24) is 5.43 Å². The van der Waals surface area contributed by atoms with Crippen molar-refractivity contribution in [2.45, 2.75) is 6.18 Å². The highest BCUT2D eigenvalue weighted by Gasteiger charge is 2.30. The number of phenolic OH excluding ortho intramolecular Hbond substituents is 1. The van der Waals surface area contributed by atoms with Gasteiger partial charge in [-0.1, -0.05) is 15.9 Å². The van der Waals surface area contributed by atoms with Crippen molar-refractivity contribution < 1.29 is 23.1 Å². The van der Waals surface area contributed by atoms with Crippen molar-refractivity contribution in [2.75, 3.05) is 0 Å². The van der Waals surface area contributed by atoms with Gasteiger partial charge in [-0.3, -0.25) is 4.79 Å². The average molecular weight is 387 g/mol. The minimum absolute atomic E-state index is 0.0271. The summed E-state index contributed by atoms with van der Waals surface area (Å²) < 4.78 is 38.0. The van der Waals surface area contributed by atoms with Crippen molar-refractivity contribution in [3.8, 4) is 5.75 Å². The van der Waals surface area contributed by atoms with Crippen LogP contribution in [0, 0.1) is 0 Å². The maximum atomic E-state index is 12.4. The van der Waals surface area contributed by atoms with E-state index in [0.29, 0.717) is 10.0 Å². The summed E-state index contributed by atoms with van der Waals surface area (Å²) in [5.74, 6) is -0.690. The minimum atomic E-state index is -4.45. The molecule has 0 unspecified atom stereocenters. The first-order valence-electron chi connectivity index (χ1n) is 6.26. The molecule has 8 heteroatoms. The Labute approximate surface area is 137 Å². The number of hydrogen-bond donors (Lipinski definition) is 2. The minimum Gasteiger partial charge on any atom is -0.507 e. The Hall–Kier alpha value is -2.35. The molecule has 4 nitrogen and oxygen atoms in total. The van der Waals surface area contributed by atoms with Crippen molar-refractivity contribution in [2.24, 2.45) is 5.10 Å². The monoisotopic (exact) mass is 386 g/mol. The second-order valence-electron chi connectivity index (χ2n) is 4.48. The number of hydrogen-bond acceptors (Lipinski definition) is 3. The van der Waals surface area contributed by atoms with Crippen LogP contribution in [0.1, 0.15) is 21.5 Å². The van der Waals surface area contributed by atoms with Gasteiger partial charge in [0.15, 0.2) is 0 Å². The van der Waals surface area contributed by atoms with Gasteiger partial charge in [-0.15, -0.1) is 0 Å². The van der Waals surface area contributed by atoms with E-state index in [1.807, 2.05) is 0 Å². The number of benzene rings is 2. The second-order valence-corrected chi connectivity index (χ2v) is 5.39. The molecule has 0 fully saturated rings. The molecule has 2 aromatic carbocycles. The number of phenols is 1. The van der Waals surface area contributed by atoms with E-state index >= 15 is 0 Å². The van der Waals surface area contributed by atoms with E-state index in [9.17, 15) is 23.1 Å². The van der Waals surface area contributed by atoms with Gasteiger partial charge in [0.1, 0.15) is 5.75 Å². The molecular weight excluding hydrogens is 377 g/mol. The molecule has 0 aliphatic rings. The summed E-state index contributed by atoms with van der Waals surface area (Å²) in [6.07, 6.45) is -3.23. The van der Waals surface area contributed by atoms with Crippen LogP contribution in [0.25, 0.3) is 0 Å². The second kappa shape index (κ2) is 6.82. The normalized spacial score (nSPS) is 11.7. The number of carbonyl (C=O) groups excluding carboxylic acids is 1. The Kier molecular flexibility index (Phi) is 5.05. The standard InChI is InChI=1S/C15H10BrF3N2O2/c16-12-5-6-13(22)10(7-12)8-20-21-14(23)9-1-3-11(4-2-9)15(17,18)19/h1-8,22H,(H,21,23)/b20-8+. The van der Waals surface area contributed by atoms with Gasteiger partial charge in [-0.2, -0.15) is 18.3 Å². The Morgan fingerprint density at radius 3 is 2.43 bits per heavy atom. The first-order chi connectivity index (χ1) is 10.8. The number of nitrogens with one attached hydrogen (secondary N) is 1. The predicted octanol–water partition coefficient (Wildman–Crippen LogP) is 3.94. The largest absolute Gasteiger partial charge is 0.507 e. The van der Waals surface area contributed by atoms with Crippen LogP contribution in [0.5, 0.6) is 5.75 Å². The molecule has 0 radical (unpaired) electrons. The number of aromatic hydroxyl groups is 1. The molecule has 0 saturated heterocycles. The molecule has 0 saturated carbocycles. The maximum absolute atomic E-state index is 12.4. The van der Waals surface area contributed by atoms with Gasteiger partial charge >= 0.3 is 6.18 Å². The summed E-state index contributed by atoms with van der Waals surface area (Å²) in [6.45, 7) is 0. The van der Waals surface area contributed by atoms with Crippen LogP contribution in [-0.4, -0.2) is 17.2 Å². The lowest BCUT2D eigenvalue weighted by Crippen LogP contribution is -2.18. The molecule has 1 amide bonds. The van der Waals surface area contributed by atoms with Crippen molar-refractivity contribution in [3.63, 3.8) is 0 Å². The third kappa shape index (κ3) is 4.56. The number of rotatable bonds is 3. The summed E-state index contributed by atoms with van der Waals surface area (Å²) in [5, 5.41) is 13.3. The quantitative estimate of drug-likeness (QED) is 0.619. The molecule has 0 bridgehead atoms. The highest BCUT2D eigenvalue weighted by molar-refractivity contribution is 9.10. The lowest BCUT2D eigenvalue weighted by atomic mass is 10.1. The molecule has 0 aliphatic heterocycles. The van der Waals surface area contributed by atoms with E-state index in [4.69, 9.17) is 0 Å². The summed E-state index contributed by atoms with van der Waals surface area (Å²) in [7, 11) is 0. The average Bonchev–Trinajstić information content (AvgIpc) is 2.50. The fraction of sp³-hybridized carbons (Fsp3) is 0.0667. The smallest absolute Gasteiger partial charge is 0.416 e. The van der Waals surface area contributed by atoms with E-state index in [-0.39, 0.29) is 11.3 Å². The highest BCUT2D eigenvalue weighted by atomic mass is 79.9. The zero-order chi connectivity index (χ0) is 17.0. The zero-order valence-electron chi connectivity index (χ0n) is 11.4. The van der Waals surface area contributed by atoms with Gasteiger partial charge in [0.25, 0.3) is 5.91 Å². The number of halogens is 4. The molecule has 2 aromatic rings. The molecular formula is C15H10BrF3N2O2. The Bertz CT molecular complexity index is 743. The van der Waals surface area contributed by atoms with E-state index in [1.165, 1.54) is 12.3 Å². The van der Waals surface area contributed by atoms with E-state index < -0.39 is 17.6 Å². The molecule has 0 heterocycles. The third-order valence-corrected chi connectivity index (χ3v) is 3.33. The van der Waals surface area contributed by atoms with Crippen molar-refractivity contribution >= 4 is 28.1 Å². The lowest BCUT2D eigenvalue weighted by Gasteiger charge is -2.06. The molecule has 0 spiro atoms. The van der Waals surface area contributed by atoms with Crippen molar-refractivity contribution in [1.29, 1.82) is 0 Å². The van der Waals surface area contributed by atoms with Gasteiger partial charge in [0.2, 0.25) is 0 Å². The van der Waals surface area contributed by atoms with Crippen LogP contribution in [0.15, 0.2) is 52.0 Å². The zero-order valence-corrected chi connectivity index (χ0v) is 13.0. The summed E-state index contributed by atoms with van der Waals surface area (Å²) in [6, 6.07) is 8.42. The maximum Gasteiger partial charge on any atom is 0.416 e. The number of hydrazone groups is 1. The van der Waals surface area contributed by atoms with Gasteiger partial charge in [0.05, 0.1) is 11.8 Å². The number of amides is 1. The van der Waals surface area contributed by atoms with E-state index in [1.54, 1.807) is 12.1 Å². The lowest BCUT2D eigenvalue weighted by molar-refractivity contribution is -0.137. The fourth-order valence-electron chi connectivity index (χ4n) is 1.66. The van der Waals surface area contributed by atoms with Crippen LogP contribution in [0.4, 0.5) is 13.2 Å². The Balaban J connectivity index is 2.05. The summed E-state index contributed by atoms with van der Waals surface area (Å²) in [4.78, 5) is 11.8. The van der Waals surface area contributed by atoms with Crippen LogP contribution >= 0.6 is 15.9 Å². The van der Waals surface area contributed by atoms with Gasteiger partial charge in [-0.25, -0.2) is 5.43 Å². The van der Waals surface area contributed by atoms with Crippen LogP contribution in [0.2, 0.25) is 0 Å². The fourth-order valence-corrected chi connectivity index (χ4v) is 2.04. The summed E-state index contributed by atoms with van der Waals surface area (Å²) >= 11 is 3.22. The first kappa shape index (κ1) is 17.0. The number of nitrogens with zero attached hydrogens (tertiary/aromatic N) is 1. The number of alkyl halides is 3. The predicted molar refractivity (Wildman–Crippen MR) is 82.3 cm³/mol. The molecule has 0 atom stereocenters. The van der Waals surface area contributed by atoms with Crippen LogP contribution < -0.4 is 5.43 Å². The molecule has 2 N–H and O–H groups in total. The molecule has 120 valence electrons. The van der Waals surface area contributed by atoms with Crippen LogP contribution in [0.3, 0.4) is 0 Å². The first-order valence-corrected chi connectivity index (χ1v) is 7.06. The Morgan fingerprint density at radius 2 is 1.83 bits per heavy atom. The summed E-state index contributed by atoms with van der Waals surface area (Å²) in [5.41, 5.74) is 1.74. The van der Waals surface area contributed by atoms with Crippen LogP contribution in [-0.2, 0) is 6.18 Å². The van der Waals surface area contributed by atoms with Gasteiger partial charge in [0, 0.05) is 15.6 Å². The van der Waals surface area contributed by atoms with Gasteiger partial charge < -0.3 is 5.11 Å². The van der Waals surface area contributed by atoms with E-state index in [0.717, 1.165) is 24.3 Å². The molecule has 0 aliphatic carbocycles. The third-order valence-electron chi connectivity index (χ3n) is 2.83. The topological polar surface area (TPSA) is 61.7 Å². The van der Waals surface area contributed by atoms with Gasteiger partial charge in [-0.05, 0) is 42.5 Å². The number of carbonyl (C=O) groups is 1. The SMILES string of the molecule is O=C(N/N=C/c1cc(Br)ccc1O)c1ccc(C(F)(F)F)cc1. The molecule has 2 rings (SSSR count). The highest BCUT2D eigenvalue weighted by Crippen LogP contribution is 2.29. The molecule has 0 aromatic heterocycles. The Morgan fingerprint density at radius 1 is 1.17 bits per heavy atom.